The molecule has 7 nitrogen and oxygen atoms in total. The van der Waals surface area contributed by atoms with Gasteiger partial charge in [-0.3, -0.25) is 4.79 Å². The van der Waals surface area contributed by atoms with Gasteiger partial charge in [-0.25, -0.2) is 14.0 Å². The van der Waals surface area contributed by atoms with E-state index in [9.17, 15) is 23.9 Å². The molecular weight excluding hydrogens is 429 g/mol. The second-order valence-corrected chi connectivity index (χ2v) is 7.92. The topological polar surface area (TPSA) is 110 Å². The average molecular weight is 451 g/mol. The smallest absolute Gasteiger partial charge is 0.340 e. The first-order valence-electron chi connectivity index (χ1n) is 10.5. The maximum Gasteiger partial charge on any atom is 0.340 e. The van der Waals surface area contributed by atoms with E-state index < -0.39 is 23.5 Å². The highest BCUT2D eigenvalue weighted by atomic mass is 19.1. The fraction of sp³-hybridized carbons (Fsp3) is 0.240. The lowest BCUT2D eigenvalue weighted by Crippen LogP contribution is -2.41. The molecule has 0 aliphatic rings. The van der Waals surface area contributed by atoms with Gasteiger partial charge in [0.05, 0.1) is 18.2 Å². The van der Waals surface area contributed by atoms with Gasteiger partial charge in [-0.05, 0) is 42.7 Å². The van der Waals surface area contributed by atoms with Gasteiger partial charge in [0.1, 0.15) is 23.0 Å². The molecule has 0 spiro atoms. The van der Waals surface area contributed by atoms with Crippen molar-refractivity contribution in [2.45, 2.75) is 39.2 Å². The van der Waals surface area contributed by atoms with Crippen molar-refractivity contribution < 1.29 is 27.9 Å². The van der Waals surface area contributed by atoms with Crippen LogP contribution in [0.4, 0.5) is 4.39 Å². The van der Waals surface area contributed by atoms with E-state index in [1.54, 1.807) is 31.4 Å². The minimum absolute atomic E-state index is 0.159. The maximum atomic E-state index is 13.3. The molecule has 0 unspecified atom stereocenters. The van der Waals surface area contributed by atoms with E-state index in [0.29, 0.717) is 28.5 Å². The number of rotatable bonds is 7. The molecule has 0 aliphatic heterocycles. The summed E-state index contributed by atoms with van der Waals surface area (Å²) in [5.74, 6) is -2.04. The molecule has 0 aliphatic carbocycles. The molecule has 2 aromatic heterocycles. The van der Waals surface area contributed by atoms with Gasteiger partial charge >= 0.3 is 11.6 Å². The van der Waals surface area contributed by atoms with Crippen molar-refractivity contribution in [1.29, 1.82) is 0 Å². The van der Waals surface area contributed by atoms with Crippen LogP contribution in [0.25, 0.3) is 33.1 Å². The Bertz CT molecular complexity index is 1420. The van der Waals surface area contributed by atoms with Gasteiger partial charge in [-0.1, -0.05) is 25.5 Å². The number of benzene rings is 2. The second-order valence-electron chi connectivity index (χ2n) is 7.92. The highest BCUT2D eigenvalue weighted by Gasteiger charge is 2.22. The third kappa shape index (κ3) is 4.37. The van der Waals surface area contributed by atoms with Gasteiger partial charge in [0, 0.05) is 22.4 Å². The SMILES string of the molecule is CCC[C@@H](NC(=O)Cc1c(C)c2cc3c(-c4ccc(F)cc4)coc3cc2oc1=O)C(=O)O. The van der Waals surface area contributed by atoms with E-state index in [4.69, 9.17) is 8.83 Å². The molecule has 2 heterocycles. The molecule has 0 fully saturated rings. The molecule has 0 bridgehead atoms. The predicted octanol–water partition coefficient (Wildman–Crippen LogP) is 4.57. The van der Waals surface area contributed by atoms with Gasteiger partial charge in [0.15, 0.2) is 0 Å². The summed E-state index contributed by atoms with van der Waals surface area (Å²) in [4.78, 5) is 36.4. The van der Waals surface area contributed by atoms with Crippen molar-refractivity contribution >= 4 is 33.8 Å². The first-order valence-corrected chi connectivity index (χ1v) is 10.5. The number of aryl methyl sites for hydroxylation is 1. The fourth-order valence-corrected chi connectivity index (χ4v) is 3.92. The van der Waals surface area contributed by atoms with Gasteiger partial charge in [-0.2, -0.15) is 0 Å². The summed E-state index contributed by atoms with van der Waals surface area (Å²) in [5, 5.41) is 13.1. The molecule has 1 amide bonds. The van der Waals surface area contributed by atoms with Crippen LogP contribution in [0.2, 0.25) is 0 Å². The van der Waals surface area contributed by atoms with E-state index in [1.165, 1.54) is 12.1 Å². The van der Waals surface area contributed by atoms with Crippen molar-refractivity contribution in [3.05, 3.63) is 70.0 Å². The van der Waals surface area contributed by atoms with E-state index in [2.05, 4.69) is 5.32 Å². The summed E-state index contributed by atoms with van der Waals surface area (Å²) in [6.07, 6.45) is 2.13. The number of nitrogens with one attached hydrogen (secondary N) is 1. The lowest BCUT2D eigenvalue weighted by molar-refractivity contribution is -0.141. The molecular formula is C25H22FNO6. The van der Waals surface area contributed by atoms with Crippen molar-refractivity contribution in [2.24, 2.45) is 0 Å². The van der Waals surface area contributed by atoms with Crippen LogP contribution < -0.4 is 10.9 Å². The summed E-state index contributed by atoms with van der Waals surface area (Å²) in [5.41, 5.74) is 2.38. The third-order valence-electron chi connectivity index (χ3n) is 5.68. The van der Waals surface area contributed by atoms with E-state index in [0.717, 1.165) is 16.5 Å². The number of halogens is 1. The largest absolute Gasteiger partial charge is 0.480 e. The first kappa shape index (κ1) is 22.3. The first-order chi connectivity index (χ1) is 15.8. The number of aliphatic carboxylic acids is 1. The Kier molecular flexibility index (Phi) is 6.00. The van der Waals surface area contributed by atoms with Crippen LogP contribution in [0, 0.1) is 12.7 Å². The molecule has 0 radical (unpaired) electrons. The number of amides is 1. The Balaban J connectivity index is 1.74. The van der Waals surface area contributed by atoms with Crippen LogP contribution in [-0.4, -0.2) is 23.0 Å². The van der Waals surface area contributed by atoms with Crippen LogP contribution in [0.15, 0.2) is 56.3 Å². The van der Waals surface area contributed by atoms with E-state index in [1.807, 2.05) is 13.0 Å². The molecule has 4 aromatic rings. The lowest BCUT2D eigenvalue weighted by Gasteiger charge is -2.14. The lowest BCUT2D eigenvalue weighted by atomic mass is 9.99. The number of carboxylic acids is 1. The van der Waals surface area contributed by atoms with Gasteiger partial charge in [-0.15, -0.1) is 0 Å². The van der Waals surface area contributed by atoms with Crippen molar-refractivity contribution in [3.63, 3.8) is 0 Å². The molecule has 2 aromatic carbocycles. The molecule has 33 heavy (non-hydrogen) atoms. The highest BCUT2D eigenvalue weighted by Crippen LogP contribution is 2.34. The van der Waals surface area contributed by atoms with Crippen molar-refractivity contribution in [1.82, 2.24) is 5.32 Å². The number of carbonyl (C=O) groups is 2. The van der Waals surface area contributed by atoms with Crippen LogP contribution >= 0.6 is 0 Å². The maximum absolute atomic E-state index is 13.3. The predicted molar refractivity (Wildman–Crippen MR) is 121 cm³/mol. The van der Waals surface area contributed by atoms with Gasteiger partial charge in [0.2, 0.25) is 5.91 Å². The number of furan rings is 1. The van der Waals surface area contributed by atoms with Gasteiger partial charge < -0.3 is 19.3 Å². The zero-order chi connectivity index (χ0) is 23.7. The number of hydrogen-bond acceptors (Lipinski definition) is 5. The summed E-state index contributed by atoms with van der Waals surface area (Å²) < 4.78 is 24.4. The summed E-state index contributed by atoms with van der Waals surface area (Å²) in [6, 6.07) is 8.41. The van der Waals surface area contributed by atoms with Crippen LogP contribution in [0.1, 0.15) is 30.9 Å². The molecule has 4 rings (SSSR count). The molecule has 8 heteroatoms. The van der Waals surface area contributed by atoms with Crippen molar-refractivity contribution in [2.75, 3.05) is 0 Å². The zero-order valence-corrected chi connectivity index (χ0v) is 18.1. The summed E-state index contributed by atoms with van der Waals surface area (Å²) in [6.45, 7) is 3.53. The molecule has 1 atom stereocenters. The summed E-state index contributed by atoms with van der Waals surface area (Å²) in [7, 11) is 0. The Morgan fingerprint density at radius 3 is 2.52 bits per heavy atom. The summed E-state index contributed by atoms with van der Waals surface area (Å²) >= 11 is 0. The minimum Gasteiger partial charge on any atom is -0.480 e. The quantitative estimate of drug-likeness (QED) is 0.399. The Hall–Kier alpha value is -3.94. The molecule has 0 saturated heterocycles. The average Bonchev–Trinajstić information content (AvgIpc) is 3.18. The van der Waals surface area contributed by atoms with Crippen molar-refractivity contribution in [3.8, 4) is 11.1 Å². The standard InChI is InChI=1S/C25H22FNO6/c1-3-4-20(24(29)30)27-23(28)10-17-13(2)16-9-18-19(14-5-7-15(26)8-6-14)12-32-21(18)11-22(16)33-25(17)31/h5-9,11-12,20H,3-4,10H2,1-2H3,(H,27,28)(H,29,30)/t20-/m1/s1. The zero-order valence-electron chi connectivity index (χ0n) is 18.1. The fourth-order valence-electron chi connectivity index (χ4n) is 3.92. The number of hydrogen-bond donors (Lipinski definition) is 2. The second kappa shape index (κ2) is 8.90. The van der Waals surface area contributed by atoms with E-state index >= 15 is 0 Å². The number of carboxylic acid groups (broad SMARTS) is 1. The third-order valence-corrected chi connectivity index (χ3v) is 5.68. The Labute approximate surface area is 187 Å². The number of carbonyl (C=O) groups excluding carboxylic acids is 1. The monoisotopic (exact) mass is 451 g/mol. The van der Waals surface area contributed by atoms with E-state index in [-0.39, 0.29) is 24.2 Å². The molecule has 0 saturated carbocycles. The Morgan fingerprint density at radius 2 is 1.85 bits per heavy atom. The normalized spacial score (nSPS) is 12.2. The Morgan fingerprint density at radius 1 is 1.12 bits per heavy atom. The molecule has 2 N–H and O–H groups in total. The molecule has 170 valence electrons. The number of fused-ring (bicyclic) bond motifs is 2. The van der Waals surface area contributed by atoms with Crippen LogP contribution in [0.3, 0.4) is 0 Å². The van der Waals surface area contributed by atoms with Gasteiger partial charge in [0.25, 0.3) is 0 Å². The highest BCUT2D eigenvalue weighted by molar-refractivity contribution is 6.02. The van der Waals surface area contributed by atoms with Crippen LogP contribution in [0.5, 0.6) is 0 Å². The van der Waals surface area contributed by atoms with Crippen LogP contribution in [-0.2, 0) is 16.0 Å². The minimum atomic E-state index is -1.12.